The fourth-order valence-corrected chi connectivity index (χ4v) is 2.91. The van der Waals surface area contributed by atoms with Gasteiger partial charge in [0.2, 0.25) is 0 Å². The lowest BCUT2D eigenvalue weighted by molar-refractivity contribution is 0.0656. The number of nitrogens with zero attached hydrogens (tertiary/aromatic N) is 1. The molecule has 0 amide bonds. The van der Waals surface area contributed by atoms with Crippen LogP contribution in [0.2, 0.25) is 0 Å². The molecule has 0 radical (unpaired) electrons. The minimum atomic E-state index is 0.367. The summed E-state index contributed by atoms with van der Waals surface area (Å²) in [5.74, 6) is 0. The van der Waals surface area contributed by atoms with Crippen molar-refractivity contribution in [3.05, 3.63) is 0 Å². The van der Waals surface area contributed by atoms with Gasteiger partial charge >= 0.3 is 0 Å². The van der Waals surface area contributed by atoms with E-state index in [4.69, 9.17) is 0 Å². The van der Waals surface area contributed by atoms with Crippen LogP contribution in [0.1, 0.15) is 53.9 Å². The summed E-state index contributed by atoms with van der Waals surface area (Å²) < 4.78 is 0. The van der Waals surface area contributed by atoms with E-state index in [-0.39, 0.29) is 0 Å². The summed E-state index contributed by atoms with van der Waals surface area (Å²) in [4.78, 5) is 2.57. The Morgan fingerprint density at radius 1 is 1.35 bits per heavy atom. The molecule has 2 heteroatoms. The highest BCUT2D eigenvalue weighted by Gasteiger charge is 2.34. The van der Waals surface area contributed by atoms with E-state index < -0.39 is 0 Å². The van der Waals surface area contributed by atoms with Gasteiger partial charge in [0.05, 0.1) is 0 Å². The SMILES string of the molecule is CCC1(CN(C)C(C)C(C)(C)C)CCCNC1. The highest BCUT2D eigenvalue weighted by molar-refractivity contribution is 4.89. The summed E-state index contributed by atoms with van der Waals surface area (Å²) in [6.45, 7) is 15.4. The third-order valence-corrected chi connectivity index (χ3v) is 4.81. The smallest absolute Gasteiger partial charge is 0.0113 e. The maximum Gasteiger partial charge on any atom is 0.0113 e. The molecule has 0 saturated carbocycles. The topological polar surface area (TPSA) is 15.3 Å². The molecule has 0 spiro atoms. The summed E-state index contributed by atoms with van der Waals surface area (Å²) >= 11 is 0. The van der Waals surface area contributed by atoms with Crippen molar-refractivity contribution in [3.63, 3.8) is 0 Å². The van der Waals surface area contributed by atoms with Gasteiger partial charge in [0.1, 0.15) is 0 Å². The fourth-order valence-electron chi connectivity index (χ4n) is 2.91. The van der Waals surface area contributed by atoms with Crippen LogP contribution in [0.5, 0.6) is 0 Å². The zero-order valence-electron chi connectivity index (χ0n) is 12.8. The molecule has 1 aliphatic heterocycles. The first-order valence-corrected chi connectivity index (χ1v) is 7.22. The minimum Gasteiger partial charge on any atom is -0.316 e. The number of hydrogen-bond donors (Lipinski definition) is 1. The van der Waals surface area contributed by atoms with Gasteiger partial charge in [-0.3, -0.25) is 0 Å². The molecule has 2 nitrogen and oxygen atoms in total. The second kappa shape index (κ2) is 5.71. The molecule has 1 aliphatic rings. The predicted octanol–water partition coefficient (Wildman–Crippen LogP) is 3.13. The summed E-state index contributed by atoms with van der Waals surface area (Å²) in [5.41, 5.74) is 0.873. The Balaban J connectivity index is 2.61. The Labute approximate surface area is 108 Å². The van der Waals surface area contributed by atoms with Gasteiger partial charge in [0.25, 0.3) is 0 Å². The van der Waals surface area contributed by atoms with Crippen LogP contribution < -0.4 is 5.32 Å². The van der Waals surface area contributed by atoms with Crippen molar-refractivity contribution in [3.8, 4) is 0 Å². The third-order valence-electron chi connectivity index (χ3n) is 4.81. The standard InChI is InChI=1S/C15H32N2/c1-7-15(9-8-10-16-11-15)12-17(6)13(2)14(3,4)5/h13,16H,7-12H2,1-6H3. The van der Waals surface area contributed by atoms with Gasteiger partial charge in [0, 0.05) is 19.1 Å². The Kier molecular flexibility index (Phi) is 5.03. The average molecular weight is 240 g/mol. The number of piperidine rings is 1. The van der Waals surface area contributed by atoms with Crippen LogP contribution in [0.25, 0.3) is 0 Å². The average Bonchev–Trinajstić information content (AvgIpc) is 2.28. The Bertz CT molecular complexity index is 224. The van der Waals surface area contributed by atoms with Crippen molar-refractivity contribution in [1.82, 2.24) is 10.2 Å². The molecule has 2 atom stereocenters. The molecule has 17 heavy (non-hydrogen) atoms. The Morgan fingerprint density at radius 3 is 2.41 bits per heavy atom. The van der Waals surface area contributed by atoms with Crippen LogP contribution >= 0.6 is 0 Å². The molecule has 0 bridgehead atoms. The monoisotopic (exact) mass is 240 g/mol. The van der Waals surface area contributed by atoms with Gasteiger partial charge in [-0.1, -0.05) is 27.7 Å². The van der Waals surface area contributed by atoms with Gasteiger partial charge in [-0.25, -0.2) is 0 Å². The van der Waals surface area contributed by atoms with E-state index in [0.29, 0.717) is 16.9 Å². The van der Waals surface area contributed by atoms with Gasteiger partial charge in [-0.15, -0.1) is 0 Å². The Hall–Kier alpha value is -0.0800. The van der Waals surface area contributed by atoms with E-state index in [9.17, 15) is 0 Å². The maximum atomic E-state index is 3.58. The first kappa shape index (κ1) is 15.0. The molecule has 0 aliphatic carbocycles. The normalized spacial score (nSPS) is 28.4. The molecule has 1 fully saturated rings. The van der Waals surface area contributed by atoms with E-state index >= 15 is 0 Å². The lowest BCUT2D eigenvalue weighted by Crippen LogP contribution is -2.50. The number of rotatable bonds is 4. The van der Waals surface area contributed by atoms with Crippen molar-refractivity contribution in [1.29, 1.82) is 0 Å². The molecule has 1 rings (SSSR count). The van der Waals surface area contributed by atoms with E-state index in [0.717, 1.165) is 0 Å². The highest BCUT2D eigenvalue weighted by Crippen LogP contribution is 2.33. The molecule has 2 unspecified atom stereocenters. The fraction of sp³-hybridized carbons (Fsp3) is 1.00. The Morgan fingerprint density at radius 2 is 2.00 bits per heavy atom. The third kappa shape index (κ3) is 3.96. The van der Waals surface area contributed by atoms with Crippen LogP contribution in [0.15, 0.2) is 0 Å². The van der Waals surface area contributed by atoms with E-state index in [1.165, 1.54) is 38.9 Å². The quantitative estimate of drug-likeness (QED) is 0.812. The van der Waals surface area contributed by atoms with Gasteiger partial charge in [-0.05, 0) is 50.6 Å². The second-order valence-electron chi connectivity index (χ2n) is 7.09. The summed E-state index contributed by atoms with van der Waals surface area (Å²) in [7, 11) is 2.29. The summed E-state index contributed by atoms with van der Waals surface area (Å²) in [6.07, 6.45) is 4.02. The van der Waals surface area contributed by atoms with Gasteiger partial charge < -0.3 is 10.2 Å². The van der Waals surface area contributed by atoms with E-state index in [2.05, 4.69) is 51.9 Å². The first-order chi connectivity index (χ1) is 7.81. The molecular weight excluding hydrogens is 208 g/mol. The molecule has 0 aromatic carbocycles. The predicted molar refractivity (Wildman–Crippen MR) is 76.4 cm³/mol. The van der Waals surface area contributed by atoms with Crippen molar-refractivity contribution in [2.45, 2.75) is 59.9 Å². The van der Waals surface area contributed by atoms with Crippen molar-refractivity contribution in [2.75, 3.05) is 26.7 Å². The van der Waals surface area contributed by atoms with Crippen LogP contribution in [-0.2, 0) is 0 Å². The van der Waals surface area contributed by atoms with Crippen molar-refractivity contribution >= 4 is 0 Å². The lowest BCUT2D eigenvalue weighted by Gasteiger charge is -2.44. The van der Waals surface area contributed by atoms with Gasteiger partial charge in [-0.2, -0.15) is 0 Å². The zero-order valence-corrected chi connectivity index (χ0v) is 12.8. The van der Waals surface area contributed by atoms with E-state index in [1.54, 1.807) is 0 Å². The number of hydrogen-bond acceptors (Lipinski definition) is 2. The molecule has 102 valence electrons. The molecule has 1 N–H and O–H groups in total. The maximum absolute atomic E-state index is 3.58. The summed E-state index contributed by atoms with van der Waals surface area (Å²) in [6, 6.07) is 0.632. The molecule has 1 saturated heterocycles. The molecule has 1 heterocycles. The first-order valence-electron chi connectivity index (χ1n) is 7.22. The minimum absolute atomic E-state index is 0.367. The molecule has 0 aromatic rings. The van der Waals surface area contributed by atoms with Crippen molar-refractivity contribution < 1.29 is 0 Å². The lowest BCUT2D eigenvalue weighted by atomic mass is 9.77. The molecule has 0 aromatic heterocycles. The van der Waals surface area contributed by atoms with Crippen LogP contribution in [0.4, 0.5) is 0 Å². The van der Waals surface area contributed by atoms with Gasteiger partial charge in [0.15, 0.2) is 0 Å². The van der Waals surface area contributed by atoms with Crippen LogP contribution in [0.3, 0.4) is 0 Å². The van der Waals surface area contributed by atoms with Crippen LogP contribution in [0, 0.1) is 10.8 Å². The van der Waals surface area contributed by atoms with Crippen LogP contribution in [-0.4, -0.2) is 37.6 Å². The highest BCUT2D eigenvalue weighted by atomic mass is 15.1. The second-order valence-corrected chi connectivity index (χ2v) is 7.09. The van der Waals surface area contributed by atoms with E-state index in [1.807, 2.05) is 0 Å². The summed E-state index contributed by atoms with van der Waals surface area (Å²) in [5, 5.41) is 3.58. The zero-order chi connectivity index (χ0) is 13.1. The number of nitrogens with one attached hydrogen (secondary N) is 1. The largest absolute Gasteiger partial charge is 0.316 e. The molecular formula is C15H32N2. The van der Waals surface area contributed by atoms with Crippen molar-refractivity contribution in [2.24, 2.45) is 10.8 Å².